The van der Waals surface area contributed by atoms with E-state index < -0.39 is 106 Å². The lowest BCUT2D eigenvalue weighted by Crippen LogP contribution is -2.81. The molecule has 0 radical (unpaired) electrons. The van der Waals surface area contributed by atoms with Gasteiger partial charge in [-0.2, -0.15) is 13.2 Å². The summed E-state index contributed by atoms with van der Waals surface area (Å²) < 4.78 is 71.1. The van der Waals surface area contributed by atoms with Gasteiger partial charge in [0.1, 0.15) is 23.9 Å². The smallest absolute Gasteiger partial charge is 0.416 e. The van der Waals surface area contributed by atoms with Gasteiger partial charge >= 0.3 is 18.1 Å². The number of fused-ring (bicyclic) bond motifs is 2. The van der Waals surface area contributed by atoms with E-state index in [-0.39, 0.29) is 17.9 Å². The number of aliphatic hydroxyl groups excluding tert-OH is 2. The Morgan fingerprint density at radius 2 is 1.67 bits per heavy atom. The van der Waals surface area contributed by atoms with E-state index in [4.69, 9.17) is 23.7 Å². The van der Waals surface area contributed by atoms with E-state index in [9.17, 15) is 38.1 Å². The third-order valence-electron chi connectivity index (χ3n) is 13.8. The molecule has 7 rings (SSSR count). The summed E-state index contributed by atoms with van der Waals surface area (Å²) in [7, 11) is 4.47. The third-order valence-corrected chi connectivity index (χ3v) is 13.8. The van der Waals surface area contributed by atoms with E-state index in [0.29, 0.717) is 25.9 Å². The van der Waals surface area contributed by atoms with Gasteiger partial charge in [-0.1, -0.05) is 13.8 Å². The lowest BCUT2D eigenvalue weighted by Gasteiger charge is -2.70. The van der Waals surface area contributed by atoms with Gasteiger partial charge in [-0.25, -0.2) is 4.79 Å². The minimum Gasteiger partial charge on any atom is -0.455 e. The van der Waals surface area contributed by atoms with Crippen LogP contribution in [0.5, 0.6) is 0 Å². The predicted octanol–water partition coefficient (Wildman–Crippen LogP) is 2.43. The summed E-state index contributed by atoms with van der Waals surface area (Å²) in [5, 5.41) is 37.2. The number of alkyl halides is 3. The molecule has 1 aromatic rings. The lowest BCUT2D eigenvalue weighted by molar-refractivity contribution is -0.321. The van der Waals surface area contributed by atoms with Crippen molar-refractivity contribution in [2.45, 2.75) is 100 Å². The molecule has 1 aromatic carbocycles. The Balaban J connectivity index is 1.47. The Morgan fingerprint density at radius 3 is 2.20 bits per heavy atom. The Kier molecular flexibility index (Phi) is 8.12. The molecule has 5 aliphatic carbocycles. The first kappa shape index (κ1) is 35.1. The summed E-state index contributed by atoms with van der Waals surface area (Å²) in [6.07, 6.45) is -10.2. The largest absolute Gasteiger partial charge is 0.455 e. The topological polar surface area (TPSA) is 144 Å². The number of hydrogen-bond acceptors (Lipinski definition) is 11. The maximum absolute atomic E-state index is 13.8. The number of rotatable bonds is 8. The first-order valence-corrected chi connectivity index (χ1v) is 17.1. The molecule has 6 fully saturated rings. The van der Waals surface area contributed by atoms with E-state index in [1.54, 1.807) is 14.2 Å². The SMILES string of the molecule is CCN1CC2(CC)C3C(OC)C4C1C3(C1C[C@@]3(O)[C@H](OC(=O)c5ccc(C(F)(F)F)cc5)[C@@H]1[C@]4(OC(C)=O)[C@@H](O)[C@@H]3OC)[C@@H](OC)C[C@H]2O. The summed E-state index contributed by atoms with van der Waals surface area (Å²) in [5.41, 5.74) is -6.43. The highest BCUT2D eigenvalue weighted by Crippen LogP contribution is 2.81. The molecule has 272 valence electrons. The molecule has 1 heterocycles. The molecule has 5 saturated carbocycles. The normalized spacial score (nSPS) is 48.0. The van der Waals surface area contributed by atoms with Crippen LogP contribution in [0, 0.1) is 34.5 Å². The third kappa shape index (κ3) is 4.10. The number of halogens is 3. The number of hydrogen-bond donors (Lipinski definition) is 3. The molecule has 1 saturated heterocycles. The van der Waals surface area contributed by atoms with Crippen molar-refractivity contribution >= 4 is 11.9 Å². The fourth-order valence-electron chi connectivity index (χ4n) is 12.6. The Labute approximate surface area is 283 Å². The summed E-state index contributed by atoms with van der Waals surface area (Å²) in [6.45, 7) is 6.36. The van der Waals surface area contributed by atoms with Crippen LogP contribution in [0.25, 0.3) is 0 Å². The van der Waals surface area contributed by atoms with Crippen LogP contribution in [-0.4, -0.2) is 120 Å². The van der Waals surface area contributed by atoms with Crippen LogP contribution in [0.2, 0.25) is 0 Å². The zero-order valence-electron chi connectivity index (χ0n) is 28.5. The number of carbonyl (C=O) groups excluding carboxylic acids is 2. The van der Waals surface area contributed by atoms with Crippen molar-refractivity contribution in [3.8, 4) is 0 Å². The number of piperidine rings is 1. The Morgan fingerprint density at radius 1 is 1.00 bits per heavy atom. The molecule has 7 bridgehead atoms. The summed E-state index contributed by atoms with van der Waals surface area (Å²) >= 11 is 0. The molecule has 3 N–H and O–H groups in total. The van der Waals surface area contributed by atoms with Crippen LogP contribution >= 0.6 is 0 Å². The summed E-state index contributed by atoms with van der Waals surface area (Å²) in [5.74, 6) is -4.41. The molecule has 0 amide bonds. The number of carbonyl (C=O) groups is 2. The van der Waals surface area contributed by atoms with E-state index in [1.807, 2.05) is 13.8 Å². The van der Waals surface area contributed by atoms with Crippen LogP contribution in [0.1, 0.15) is 56.0 Å². The van der Waals surface area contributed by atoms with Gasteiger partial charge in [0.2, 0.25) is 0 Å². The zero-order valence-corrected chi connectivity index (χ0v) is 28.5. The fourth-order valence-corrected chi connectivity index (χ4v) is 12.6. The van der Waals surface area contributed by atoms with E-state index >= 15 is 0 Å². The standard InChI is InChI=1S/C35H46F3NO10/c1-7-31-15-39(8-2)26-23-24(46-5)25(31)33(26,21(45-4)13-20(31)41)19-14-32(44)28(22(19)34(23,49-16(3)40)27(42)29(32)47-6)48-30(43)17-9-11-18(12-10-17)35(36,37)38/h9-12,19-29,41-42,44H,7-8,13-15H2,1-6H3/t19?,20-,21+,22-,23?,24?,25?,26?,27+,28-,29+,31?,32-,33?,34-/m1/s1. The maximum atomic E-state index is 13.8. The van der Waals surface area contributed by atoms with Crippen LogP contribution in [0.4, 0.5) is 13.2 Å². The van der Waals surface area contributed by atoms with Gasteiger partial charge < -0.3 is 39.0 Å². The molecule has 6 aliphatic rings. The van der Waals surface area contributed by atoms with Gasteiger partial charge in [0, 0.05) is 75.8 Å². The number of benzene rings is 1. The van der Waals surface area contributed by atoms with Gasteiger partial charge in [-0.05, 0) is 49.6 Å². The predicted molar refractivity (Wildman–Crippen MR) is 164 cm³/mol. The number of esters is 2. The number of aliphatic hydroxyl groups is 3. The number of ether oxygens (including phenoxy) is 5. The summed E-state index contributed by atoms with van der Waals surface area (Å²) in [6, 6.07) is 3.18. The molecular weight excluding hydrogens is 651 g/mol. The van der Waals surface area contributed by atoms with Crippen molar-refractivity contribution in [2.75, 3.05) is 34.4 Å². The fraction of sp³-hybridized carbons (Fsp3) is 0.771. The monoisotopic (exact) mass is 697 g/mol. The molecule has 15 atom stereocenters. The van der Waals surface area contributed by atoms with E-state index in [2.05, 4.69) is 4.90 Å². The van der Waals surface area contributed by atoms with Crippen molar-refractivity contribution in [1.29, 1.82) is 0 Å². The molecule has 7 unspecified atom stereocenters. The second-order valence-corrected chi connectivity index (χ2v) is 15.1. The summed E-state index contributed by atoms with van der Waals surface area (Å²) in [4.78, 5) is 29.3. The van der Waals surface area contributed by atoms with E-state index in [1.165, 1.54) is 14.0 Å². The highest BCUT2D eigenvalue weighted by atomic mass is 19.4. The van der Waals surface area contributed by atoms with Crippen molar-refractivity contribution in [1.82, 2.24) is 4.90 Å². The number of likely N-dealkylation sites (tertiary alicyclic amines) is 1. The van der Waals surface area contributed by atoms with Crippen LogP contribution in [0.3, 0.4) is 0 Å². The van der Waals surface area contributed by atoms with Crippen molar-refractivity contribution in [2.24, 2.45) is 34.5 Å². The highest BCUT2D eigenvalue weighted by Gasteiger charge is 2.92. The second-order valence-electron chi connectivity index (χ2n) is 15.1. The molecule has 49 heavy (non-hydrogen) atoms. The Hall–Kier alpha value is -2.33. The number of nitrogens with zero attached hydrogens (tertiary/aromatic N) is 1. The average molecular weight is 698 g/mol. The first-order chi connectivity index (χ1) is 23.1. The van der Waals surface area contributed by atoms with E-state index in [0.717, 1.165) is 24.3 Å². The van der Waals surface area contributed by atoms with Crippen LogP contribution in [0.15, 0.2) is 24.3 Å². The first-order valence-electron chi connectivity index (χ1n) is 17.1. The van der Waals surface area contributed by atoms with Crippen molar-refractivity contribution in [3.63, 3.8) is 0 Å². The lowest BCUT2D eigenvalue weighted by atomic mass is 9.42. The van der Waals surface area contributed by atoms with Gasteiger partial charge in [-0.15, -0.1) is 0 Å². The zero-order chi connectivity index (χ0) is 35.6. The molecule has 1 aliphatic heterocycles. The molecule has 14 heteroatoms. The molecular formula is C35H46F3NO10. The van der Waals surface area contributed by atoms with Crippen molar-refractivity contribution < 1.29 is 61.8 Å². The van der Waals surface area contributed by atoms with Gasteiger partial charge in [0.15, 0.2) is 5.60 Å². The van der Waals surface area contributed by atoms with Crippen LogP contribution in [-0.2, 0) is 34.7 Å². The molecule has 0 aromatic heterocycles. The average Bonchev–Trinajstić information content (AvgIpc) is 3.43. The van der Waals surface area contributed by atoms with Gasteiger partial charge in [0.25, 0.3) is 0 Å². The van der Waals surface area contributed by atoms with Gasteiger partial charge in [0.05, 0.1) is 29.4 Å². The minimum absolute atomic E-state index is 0.0370. The quantitative estimate of drug-likeness (QED) is 0.345. The molecule has 1 spiro atoms. The maximum Gasteiger partial charge on any atom is 0.416 e. The second kappa shape index (κ2) is 11.3. The van der Waals surface area contributed by atoms with Crippen LogP contribution < -0.4 is 0 Å². The Bertz CT molecular complexity index is 1490. The highest BCUT2D eigenvalue weighted by molar-refractivity contribution is 5.89. The van der Waals surface area contributed by atoms with Crippen molar-refractivity contribution in [3.05, 3.63) is 35.4 Å². The number of methoxy groups -OCH3 is 3. The van der Waals surface area contributed by atoms with Gasteiger partial charge in [-0.3, -0.25) is 9.69 Å². The molecule has 11 nitrogen and oxygen atoms in total. The minimum atomic E-state index is -4.62.